The van der Waals surface area contributed by atoms with Crippen LogP contribution in [0.2, 0.25) is 0 Å². The number of rotatable bonds is 6. The standard InChI is InChI=1S/C15H18N2O3/c1-11-3-5-13(6-4-11)19-10-15(18)16-8-7-14-9-12(2)17-20-14/h3-6,9H,7-8,10H2,1-2H3,(H,16,18). The van der Waals surface area contributed by atoms with Gasteiger partial charge >= 0.3 is 0 Å². The van der Waals surface area contributed by atoms with Gasteiger partial charge in [-0.05, 0) is 26.0 Å². The molecule has 0 unspecified atom stereocenters. The van der Waals surface area contributed by atoms with Crippen LogP contribution in [-0.2, 0) is 11.2 Å². The van der Waals surface area contributed by atoms with Gasteiger partial charge in [-0.25, -0.2) is 0 Å². The highest BCUT2D eigenvalue weighted by Gasteiger charge is 2.04. The van der Waals surface area contributed by atoms with E-state index in [1.165, 1.54) is 0 Å². The lowest BCUT2D eigenvalue weighted by Gasteiger charge is -2.07. The van der Waals surface area contributed by atoms with Gasteiger partial charge in [0.05, 0.1) is 5.69 Å². The number of amides is 1. The van der Waals surface area contributed by atoms with Crippen molar-refractivity contribution in [3.63, 3.8) is 0 Å². The van der Waals surface area contributed by atoms with Gasteiger partial charge in [0.25, 0.3) is 5.91 Å². The van der Waals surface area contributed by atoms with Crippen molar-refractivity contribution in [1.29, 1.82) is 0 Å². The number of nitrogens with zero attached hydrogens (tertiary/aromatic N) is 1. The van der Waals surface area contributed by atoms with Gasteiger partial charge in [-0.2, -0.15) is 0 Å². The molecule has 2 aromatic rings. The monoisotopic (exact) mass is 274 g/mol. The maximum Gasteiger partial charge on any atom is 0.257 e. The molecule has 1 amide bonds. The predicted octanol–water partition coefficient (Wildman–Crippen LogP) is 2.03. The molecule has 106 valence electrons. The summed E-state index contributed by atoms with van der Waals surface area (Å²) in [6.45, 7) is 4.38. The Morgan fingerprint density at radius 1 is 1.30 bits per heavy atom. The predicted molar refractivity (Wildman–Crippen MR) is 74.6 cm³/mol. The van der Waals surface area contributed by atoms with Crippen molar-refractivity contribution in [2.24, 2.45) is 0 Å². The fraction of sp³-hybridized carbons (Fsp3) is 0.333. The smallest absolute Gasteiger partial charge is 0.257 e. The number of carbonyl (C=O) groups excluding carboxylic acids is 1. The molecule has 5 nitrogen and oxygen atoms in total. The molecule has 0 saturated heterocycles. The van der Waals surface area contributed by atoms with Gasteiger partial charge in [0.2, 0.25) is 0 Å². The number of nitrogens with one attached hydrogen (secondary N) is 1. The molecule has 1 heterocycles. The summed E-state index contributed by atoms with van der Waals surface area (Å²) in [5.74, 6) is 1.31. The lowest BCUT2D eigenvalue weighted by Crippen LogP contribution is -2.30. The van der Waals surface area contributed by atoms with Crippen LogP contribution in [0.4, 0.5) is 0 Å². The lowest BCUT2D eigenvalue weighted by atomic mass is 10.2. The lowest BCUT2D eigenvalue weighted by molar-refractivity contribution is -0.123. The average molecular weight is 274 g/mol. The van der Waals surface area contributed by atoms with E-state index in [0.717, 1.165) is 17.0 Å². The van der Waals surface area contributed by atoms with E-state index in [-0.39, 0.29) is 12.5 Å². The summed E-state index contributed by atoms with van der Waals surface area (Å²) >= 11 is 0. The number of hydrogen-bond donors (Lipinski definition) is 1. The minimum Gasteiger partial charge on any atom is -0.484 e. The summed E-state index contributed by atoms with van der Waals surface area (Å²) in [5, 5.41) is 6.56. The molecule has 1 N–H and O–H groups in total. The zero-order chi connectivity index (χ0) is 14.4. The highest BCUT2D eigenvalue weighted by Crippen LogP contribution is 2.10. The normalized spacial score (nSPS) is 10.3. The van der Waals surface area contributed by atoms with E-state index in [0.29, 0.717) is 18.7 Å². The molecule has 0 fully saturated rings. The summed E-state index contributed by atoms with van der Waals surface area (Å²) < 4.78 is 10.4. The molecule has 0 aliphatic carbocycles. The molecule has 0 aliphatic heterocycles. The minimum atomic E-state index is -0.151. The Bertz CT molecular complexity index is 561. The highest BCUT2D eigenvalue weighted by molar-refractivity contribution is 5.77. The molecular weight excluding hydrogens is 256 g/mol. The highest BCUT2D eigenvalue weighted by atomic mass is 16.5. The van der Waals surface area contributed by atoms with Crippen LogP contribution in [0, 0.1) is 13.8 Å². The number of aromatic nitrogens is 1. The van der Waals surface area contributed by atoms with Gasteiger partial charge in [0.15, 0.2) is 6.61 Å². The summed E-state index contributed by atoms with van der Waals surface area (Å²) in [6, 6.07) is 9.44. The first kappa shape index (κ1) is 14.1. The Labute approximate surface area is 117 Å². The second kappa shape index (κ2) is 6.75. The van der Waals surface area contributed by atoms with Crippen molar-refractivity contribution in [1.82, 2.24) is 10.5 Å². The van der Waals surface area contributed by atoms with E-state index < -0.39 is 0 Å². The Balaban J connectivity index is 1.66. The number of hydrogen-bond acceptors (Lipinski definition) is 4. The van der Waals surface area contributed by atoms with Crippen LogP contribution >= 0.6 is 0 Å². The summed E-state index contributed by atoms with van der Waals surface area (Å²) in [5.41, 5.74) is 2.00. The summed E-state index contributed by atoms with van der Waals surface area (Å²) in [7, 11) is 0. The van der Waals surface area contributed by atoms with E-state index in [2.05, 4.69) is 10.5 Å². The third-order valence-corrected chi connectivity index (χ3v) is 2.76. The van der Waals surface area contributed by atoms with Gasteiger partial charge in [-0.3, -0.25) is 4.79 Å². The van der Waals surface area contributed by atoms with Gasteiger partial charge in [0, 0.05) is 19.0 Å². The molecule has 0 bridgehead atoms. The number of aryl methyl sites for hydroxylation is 2. The van der Waals surface area contributed by atoms with Crippen LogP contribution in [0.25, 0.3) is 0 Å². The molecule has 1 aromatic carbocycles. The fourth-order valence-corrected chi connectivity index (χ4v) is 1.69. The number of carbonyl (C=O) groups is 1. The van der Waals surface area contributed by atoms with Gasteiger partial charge in [-0.15, -0.1) is 0 Å². The average Bonchev–Trinajstić information content (AvgIpc) is 2.84. The van der Waals surface area contributed by atoms with Crippen molar-refractivity contribution in [2.75, 3.05) is 13.2 Å². The quantitative estimate of drug-likeness (QED) is 0.875. The summed E-state index contributed by atoms with van der Waals surface area (Å²) in [6.07, 6.45) is 0.622. The van der Waals surface area contributed by atoms with Crippen LogP contribution < -0.4 is 10.1 Å². The molecular formula is C15H18N2O3. The van der Waals surface area contributed by atoms with Crippen molar-refractivity contribution < 1.29 is 14.1 Å². The molecule has 1 aromatic heterocycles. The van der Waals surface area contributed by atoms with Gasteiger partial charge in [0.1, 0.15) is 11.5 Å². The Morgan fingerprint density at radius 2 is 2.05 bits per heavy atom. The Kier molecular flexibility index (Phi) is 4.76. The van der Waals surface area contributed by atoms with E-state index in [9.17, 15) is 4.79 Å². The molecule has 0 radical (unpaired) electrons. The van der Waals surface area contributed by atoms with E-state index in [1.807, 2.05) is 44.2 Å². The SMILES string of the molecule is Cc1ccc(OCC(=O)NCCc2cc(C)no2)cc1. The number of benzene rings is 1. The first-order valence-electron chi connectivity index (χ1n) is 6.52. The van der Waals surface area contributed by atoms with Crippen LogP contribution in [-0.4, -0.2) is 24.2 Å². The first-order valence-corrected chi connectivity index (χ1v) is 6.52. The van der Waals surface area contributed by atoms with Crippen molar-refractivity contribution >= 4 is 5.91 Å². The Morgan fingerprint density at radius 3 is 2.70 bits per heavy atom. The zero-order valence-electron chi connectivity index (χ0n) is 11.7. The van der Waals surface area contributed by atoms with Crippen LogP contribution in [0.1, 0.15) is 17.0 Å². The fourth-order valence-electron chi connectivity index (χ4n) is 1.69. The summed E-state index contributed by atoms with van der Waals surface area (Å²) in [4.78, 5) is 11.6. The van der Waals surface area contributed by atoms with E-state index in [4.69, 9.17) is 9.26 Å². The molecule has 2 rings (SSSR count). The molecule has 0 atom stereocenters. The van der Waals surface area contributed by atoms with Crippen molar-refractivity contribution in [3.05, 3.63) is 47.3 Å². The third kappa shape index (κ3) is 4.42. The van der Waals surface area contributed by atoms with Crippen LogP contribution in [0.15, 0.2) is 34.9 Å². The van der Waals surface area contributed by atoms with Crippen molar-refractivity contribution in [3.8, 4) is 5.75 Å². The van der Waals surface area contributed by atoms with E-state index in [1.54, 1.807) is 0 Å². The van der Waals surface area contributed by atoms with E-state index >= 15 is 0 Å². The molecule has 0 spiro atoms. The van der Waals surface area contributed by atoms with Crippen molar-refractivity contribution in [2.45, 2.75) is 20.3 Å². The largest absolute Gasteiger partial charge is 0.484 e. The number of ether oxygens (including phenoxy) is 1. The maximum atomic E-state index is 11.6. The van der Waals surface area contributed by atoms with Crippen LogP contribution in [0.5, 0.6) is 5.75 Å². The third-order valence-electron chi connectivity index (χ3n) is 2.76. The van der Waals surface area contributed by atoms with Crippen LogP contribution in [0.3, 0.4) is 0 Å². The topological polar surface area (TPSA) is 64.4 Å². The van der Waals surface area contributed by atoms with Gasteiger partial charge < -0.3 is 14.6 Å². The molecule has 5 heteroatoms. The minimum absolute atomic E-state index is 0.0124. The zero-order valence-corrected chi connectivity index (χ0v) is 11.7. The second-order valence-electron chi connectivity index (χ2n) is 4.64. The molecule has 0 saturated carbocycles. The first-order chi connectivity index (χ1) is 9.63. The Hall–Kier alpha value is -2.30. The van der Waals surface area contributed by atoms with Gasteiger partial charge in [-0.1, -0.05) is 22.9 Å². The second-order valence-corrected chi connectivity index (χ2v) is 4.64. The molecule has 20 heavy (non-hydrogen) atoms. The maximum absolute atomic E-state index is 11.6. The molecule has 0 aliphatic rings.